The maximum absolute atomic E-state index is 13.2. The highest BCUT2D eigenvalue weighted by atomic mass is 19.2. The molecule has 6 heteroatoms. The van der Waals surface area contributed by atoms with E-state index in [-0.39, 0.29) is 12.3 Å². The van der Waals surface area contributed by atoms with Gasteiger partial charge in [-0.1, -0.05) is 18.2 Å². The lowest BCUT2D eigenvalue weighted by molar-refractivity contribution is -0.121. The van der Waals surface area contributed by atoms with Gasteiger partial charge in [-0.15, -0.1) is 0 Å². The van der Waals surface area contributed by atoms with Crippen LogP contribution in [0.5, 0.6) is 0 Å². The number of nitrogens with one attached hydrogen (secondary N) is 1. The Morgan fingerprint density at radius 1 is 1.00 bits per heavy atom. The van der Waals surface area contributed by atoms with Crippen LogP contribution in [-0.2, 0) is 11.2 Å². The zero-order valence-electron chi connectivity index (χ0n) is 17.7. The minimum absolute atomic E-state index is 0.0495. The fraction of sp³-hybridized carbons (Fsp3) is 0.458. The molecule has 0 atom stereocenters. The summed E-state index contributed by atoms with van der Waals surface area (Å²) in [4.78, 5) is 16.9. The second kappa shape index (κ2) is 11.1. The standard InChI is InChI=1S/C24H31F2N3O/c1-19-5-4-6-21(17-19)29-15-13-28(14-16-29)12-3-2-11-27-24(30)10-8-20-7-9-22(25)23(26)18-20/h4-7,9,17-18H,2-3,8,10-16H2,1H3,(H,27,30). The number of anilines is 1. The first-order chi connectivity index (χ1) is 14.5. The molecule has 1 heterocycles. The fourth-order valence-electron chi connectivity index (χ4n) is 3.78. The predicted molar refractivity (Wildman–Crippen MR) is 117 cm³/mol. The molecule has 1 N–H and O–H groups in total. The Labute approximate surface area is 177 Å². The lowest BCUT2D eigenvalue weighted by Crippen LogP contribution is -2.46. The molecule has 2 aromatic rings. The highest BCUT2D eigenvalue weighted by Crippen LogP contribution is 2.18. The minimum atomic E-state index is -0.868. The van der Waals surface area contributed by atoms with E-state index in [1.54, 1.807) is 0 Å². The molecule has 0 aromatic heterocycles. The first-order valence-electron chi connectivity index (χ1n) is 10.8. The van der Waals surface area contributed by atoms with Crippen molar-refractivity contribution in [3.63, 3.8) is 0 Å². The molecule has 1 aliphatic rings. The van der Waals surface area contributed by atoms with Gasteiger partial charge < -0.3 is 10.2 Å². The highest BCUT2D eigenvalue weighted by Gasteiger charge is 2.16. The Bertz CT molecular complexity index is 835. The fourth-order valence-corrected chi connectivity index (χ4v) is 3.78. The van der Waals surface area contributed by atoms with E-state index in [1.807, 2.05) is 0 Å². The number of unbranched alkanes of at least 4 members (excludes halogenated alkanes) is 1. The average Bonchev–Trinajstić information content (AvgIpc) is 2.75. The van der Waals surface area contributed by atoms with Crippen molar-refractivity contribution in [2.75, 3.05) is 44.2 Å². The van der Waals surface area contributed by atoms with Crippen molar-refractivity contribution < 1.29 is 13.6 Å². The minimum Gasteiger partial charge on any atom is -0.369 e. The Morgan fingerprint density at radius 3 is 2.53 bits per heavy atom. The second-order valence-electron chi connectivity index (χ2n) is 7.97. The second-order valence-corrected chi connectivity index (χ2v) is 7.97. The smallest absolute Gasteiger partial charge is 0.220 e. The number of aryl methyl sites for hydroxylation is 2. The van der Waals surface area contributed by atoms with E-state index in [4.69, 9.17) is 0 Å². The number of carbonyl (C=O) groups excluding carboxylic acids is 1. The summed E-state index contributed by atoms with van der Waals surface area (Å²) in [5.74, 6) is -1.78. The molecule has 0 radical (unpaired) electrons. The first-order valence-corrected chi connectivity index (χ1v) is 10.8. The number of nitrogens with zero attached hydrogens (tertiary/aromatic N) is 2. The number of rotatable bonds is 9. The van der Waals surface area contributed by atoms with E-state index < -0.39 is 11.6 Å². The van der Waals surface area contributed by atoms with Crippen LogP contribution in [-0.4, -0.2) is 50.1 Å². The largest absolute Gasteiger partial charge is 0.369 e. The summed E-state index contributed by atoms with van der Waals surface area (Å²) >= 11 is 0. The van der Waals surface area contributed by atoms with E-state index in [0.29, 0.717) is 18.5 Å². The first kappa shape index (κ1) is 22.2. The van der Waals surface area contributed by atoms with Crippen molar-refractivity contribution in [2.45, 2.75) is 32.6 Å². The third-order valence-electron chi connectivity index (χ3n) is 5.59. The lowest BCUT2D eigenvalue weighted by atomic mass is 10.1. The van der Waals surface area contributed by atoms with Crippen LogP contribution < -0.4 is 10.2 Å². The molecule has 0 aliphatic carbocycles. The molecule has 30 heavy (non-hydrogen) atoms. The Balaban J connectivity index is 1.25. The van der Waals surface area contributed by atoms with Crippen LogP contribution in [0.25, 0.3) is 0 Å². The van der Waals surface area contributed by atoms with Crippen LogP contribution >= 0.6 is 0 Å². The van der Waals surface area contributed by atoms with E-state index >= 15 is 0 Å². The van der Waals surface area contributed by atoms with E-state index in [2.05, 4.69) is 46.3 Å². The van der Waals surface area contributed by atoms with Gasteiger partial charge in [0.1, 0.15) is 0 Å². The molecule has 1 fully saturated rings. The number of amides is 1. The predicted octanol–water partition coefficient (Wildman–Crippen LogP) is 3.92. The van der Waals surface area contributed by atoms with Gasteiger partial charge in [-0.25, -0.2) is 8.78 Å². The van der Waals surface area contributed by atoms with Gasteiger partial charge >= 0.3 is 0 Å². The van der Waals surface area contributed by atoms with Gasteiger partial charge in [0.05, 0.1) is 0 Å². The van der Waals surface area contributed by atoms with Crippen molar-refractivity contribution in [1.82, 2.24) is 10.2 Å². The monoisotopic (exact) mass is 415 g/mol. The SMILES string of the molecule is Cc1cccc(N2CCN(CCCCNC(=O)CCc3ccc(F)c(F)c3)CC2)c1. The van der Waals surface area contributed by atoms with E-state index in [9.17, 15) is 13.6 Å². The molecule has 3 rings (SSSR count). The zero-order chi connectivity index (χ0) is 21.3. The molecule has 2 aromatic carbocycles. The highest BCUT2D eigenvalue weighted by molar-refractivity contribution is 5.76. The molecule has 0 unspecified atom stereocenters. The number of hydrogen-bond donors (Lipinski definition) is 1. The summed E-state index contributed by atoms with van der Waals surface area (Å²) in [5.41, 5.74) is 3.23. The van der Waals surface area contributed by atoms with Crippen molar-refractivity contribution in [2.24, 2.45) is 0 Å². The van der Waals surface area contributed by atoms with Gasteiger partial charge in [0.15, 0.2) is 11.6 Å². The van der Waals surface area contributed by atoms with Crippen LogP contribution in [0.2, 0.25) is 0 Å². The van der Waals surface area contributed by atoms with Crippen molar-refractivity contribution in [1.29, 1.82) is 0 Å². The van der Waals surface area contributed by atoms with Crippen molar-refractivity contribution in [3.8, 4) is 0 Å². The third-order valence-corrected chi connectivity index (χ3v) is 5.59. The van der Waals surface area contributed by atoms with Crippen molar-refractivity contribution >= 4 is 11.6 Å². The maximum Gasteiger partial charge on any atom is 0.220 e. The average molecular weight is 416 g/mol. The lowest BCUT2D eigenvalue weighted by Gasteiger charge is -2.36. The van der Waals surface area contributed by atoms with Crippen molar-refractivity contribution in [3.05, 3.63) is 65.2 Å². The Morgan fingerprint density at radius 2 is 1.80 bits per heavy atom. The summed E-state index contributed by atoms with van der Waals surface area (Å²) in [7, 11) is 0. The van der Waals surface area contributed by atoms with Crippen LogP contribution in [0.15, 0.2) is 42.5 Å². The molecule has 0 saturated carbocycles. The quantitative estimate of drug-likeness (QED) is 0.631. The number of piperazine rings is 1. The van der Waals surface area contributed by atoms with Crippen LogP contribution in [0, 0.1) is 18.6 Å². The molecule has 1 saturated heterocycles. The Hall–Kier alpha value is -2.47. The zero-order valence-corrected chi connectivity index (χ0v) is 17.7. The third kappa shape index (κ3) is 6.80. The molecule has 1 amide bonds. The number of halogens is 2. The number of hydrogen-bond acceptors (Lipinski definition) is 3. The van der Waals surface area contributed by atoms with Crippen LogP contribution in [0.3, 0.4) is 0 Å². The molecule has 4 nitrogen and oxygen atoms in total. The van der Waals surface area contributed by atoms with E-state index in [1.165, 1.54) is 17.3 Å². The molecule has 162 valence electrons. The van der Waals surface area contributed by atoms with Gasteiger partial charge in [-0.05, 0) is 68.1 Å². The maximum atomic E-state index is 13.2. The summed E-state index contributed by atoms with van der Waals surface area (Å²) < 4.78 is 26.1. The molecule has 0 spiro atoms. The summed E-state index contributed by atoms with van der Waals surface area (Å²) in [5, 5.41) is 2.92. The van der Waals surface area contributed by atoms with Gasteiger partial charge in [-0.2, -0.15) is 0 Å². The molecular weight excluding hydrogens is 384 g/mol. The van der Waals surface area contributed by atoms with Crippen LogP contribution in [0.4, 0.5) is 14.5 Å². The van der Waals surface area contributed by atoms with Crippen LogP contribution in [0.1, 0.15) is 30.4 Å². The summed E-state index contributed by atoms with van der Waals surface area (Å²) in [6.07, 6.45) is 2.68. The van der Waals surface area contributed by atoms with Gasteiger partial charge in [-0.3, -0.25) is 9.69 Å². The number of benzene rings is 2. The molecule has 1 aliphatic heterocycles. The topological polar surface area (TPSA) is 35.6 Å². The van der Waals surface area contributed by atoms with Gasteiger partial charge in [0.25, 0.3) is 0 Å². The summed E-state index contributed by atoms with van der Waals surface area (Å²) in [6.45, 7) is 8.05. The van der Waals surface area contributed by atoms with Gasteiger partial charge in [0.2, 0.25) is 5.91 Å². The van der Waals surface area contributed by atoms with Gasteiger partial charge in [0, 0.05) is 44.8 Å². The Kier molecular flexibility index (Phi) is 8.20. The summed E-state index contributed by atoms with van der Waals surface area (Å²) in [6, 6.07) is 12.4. The molecular formula is C24H31F2N3O. The molecule has 0 bridgehead atoms. The normalized spacial score (nSPS) is 14.7. The number of carbonyl (C=O) groups is 1. The van der Waals surface area contributed by atoms with E-state index in [0.717, 1.165) is 57.7 Å².